The lowest BCUT2D eigenvalue weighted by atomic mass is 10.3. The fourth-order valence-corrected chi connectivity index (χ4v) is 1.89. The molecule has 0 aromatic carbocycles. The molecule has 0 spiro atoms. The Morgan fingerprint density at radius 1 is 1.64 bits per heavy atom. The van der Waals surface area contributed by atoms with Crippen LogP contribution in [0.2, 0.25) is 0 Å². The van der Waals surface area contributed by atoms with E-state index in [1.54, 1.807) is 13.1 Å². The highest BCUT2D eigenvalue weighted by atomic mass is 32.1. The molecular weight excluding hydrogens is 196 g/mol. The van der Waals surface area contributed by atoms with Gasteiger partial charge in [-0.25, -0.2) is 4.98 Å². The van der Waals surface area contributed by atoms with Crippen LogP contribution in [0.3, 0.4) is 0 Å². The summed E-state index contributed by atoms with van der Waals surface area (Å²) in [5.74, 6) is 0.0950. The number of rotatable bonds is 5. The van der Waals surface area contributed by atoms with E-state index < -0.39 is 0 Å². The summed E-state index contributed by atoms with van der Waals surface area (Å²) in [6, 6.07) is 0. The van der Waals surface area contributed by atoms with Crippen LogP contribution in [0.1, 0.15) is 36.4 Å². The maximum Gasteiger partial charge on any atom is 0.185 e. The fourth-order valence-electron chi connectivity index (χ4n) is 1.10. The largest absolute Gasteiger partial charge is 0.351 e. The molecule has 14 heavy (non-hydrogen) atoms. The van der Waals surface area contributed by atoms with Crippen LogP contribution < -0.4 is 4.90 Å². The molecule has 0 saturated heterocycles. The lowest BCUT2D eigenvalue weighted by Gasteiger charge is -2.14. The lowest BCUT2D eigenvalue weighted by Crippen LogP contribution is -2.17. The minimum absolute atomic E-state index is 0.0950. The Morgan fingerprint density at radius 2 is 2.36 bits per heavy atom. The molecule has 0 unspecified atom stereocenters. The monoisotopic (exact) mass is 212 g/mol. The fraction of sp³-hybridized carbons (Fsp3) is 0.600. The molecule has 0 fully saturated rings. The van der Waals surface area contributed by atoms with Gasteiger partial charge in [-0.3, -0.25) is 4.79 Å². The second-order valence-corrected chi connectivity index (χ2v) is 4.35. The third-order valence-electron chi connectivity index (χ3n) is 2.01. The first-order chi connectivity index (χ1) is 6.65. The van der Waals surface area contributed by atoms with E-state index in [-0.39, 0.29) is 5.78 Å². The van der Waals surface area contributed by atoms with Crippen molar-refractivity contribution in [2.24, 2.45) is 0 Å². The summed E-state index contributed by atoms with van der Waals surface area (Å²) in [5, 5.41) is 0.934. The molecule has 1 heterocycles. The van der Waals surface area contributed by atoms with Crippen LogP contribution in [0.4, 0.5) is 5.13 Å². The highest BCUT2D eigenvalue weighted by molar-refractivity contribution is 7.17. The number of ketones is 1. The number of anilines is 1. The van der Waals surface area contributed by atoms with Gasteiger partial charge in [0.25, 0.3) is 0 Å². The summed E-state index contributed by atoms with van der Waals surface area (Å²) in [4.78, 5) is 18.1. The summed E-state index contributed by atoms with van der Waals surface area (Å²) < 4.78 is 0. The SMILES string of the molecule is CCCCN(C)c1ncc(C(C)=O)s1. The van der Waals surface area contributed by atoms with Gasteiger partial charge >= 0.3 is 0 Å². The predicted octanol–water partition coefficient (Wildman–Crippen LogP) is 2.58. The van der Waals surface area contributed by atoms with Gasteiger partial charge in [-0.15, -0.1) is 0 Å². The van der Waals surface area contributed by atoms with Crippen LogP contribution in [0.25, 0.3) is 0 Å². The molecule has 1 rings (SSSR count). The molecular formula is C10H16N2OS. The van der Waals surface area contributed by atoms with Crippen molar-refractivity contribution in [3.8, 4) is 0 Å². The number of aromatic nitrogens is 1. The Hall–Kier alpha value is -0.900. The maximum atomic E-state index is 11.0. The van der Waals surface area contributed by atoms with Crippen molar-refractivity contribution in [1.29, 1.82) is 0 Å². The van der Waals surface area contributed by atoms with Gasteiger partial charge in [0.2, 0.25) is 0 Å². The first kappa shape index (κ1) is 11.2. The number of Topliss-reactive ketones (excluding diaryl/α,β-unsaturated/α-hetero) is 1. The standard InChI is InChI=1S/C10H16N2OS/c1-4-5-6-12(3)10-11-7-9(14-10)8(2)13/h7H,4-6H2,1-3H3. The van der Waals surface area contributed by atoms with Gasteiger partial charge in [-0.05, 0) is 6.42 Å². The van der Waals surface area contributed by atoms with Crippen molar-refractivity contribution in [3.05, 3.63) is 11.1 Å². The van der Waals surface area contributed by atoms with Gasteiger partial charge in [0.1, 0.15) is 0 Å². The van der Waals surface area contributed by atoms with Crippen molar-refractivity contribution >= 4 is 22.3 Å². The third kappa shape index (κ3) is 2.80. The molecule has 0 aliphatic rings. The zero-order valence-electron chi connectivity index (χ0n) is 8.91. The van der Waals surface area contributed by atoms with E-state index in [0.29, 0.717) is 0 Å². The number of hydrogen-bond donors (Lipinski definition) is 0. The molecule has 1 aromatic rings. The third-order valence-corrected chi connectivity index (χ3v) is 3.23. The van der Waals surface area contributed by atoms with Crippen LogP contribution in [-0.4, -0.2) is 24.4 Å². The zero-order valence-corrected chi connectivity index (χ0v) is 9.73. The van der Waals surface area contributed by atoms with E-state index in [2.05, 4.69) is 16.8 Å². The molecule has 0 saturated carbocycles. The van der Waals surface area contributed by atoms with Gasteiger partial charge in [0.15, 0.2) is 10.9 Å². The van der Waals surface area contributed by atoms with Crippen molar-refractivity contribution in [3.63, 3.8) is 0 Å². The van der Waals surface area contributed by atoms with Crippen LogP contribution in [0.15, 0.2) is 6.20 Å². The Labute approximate surface area is 88.8 Å². The predicted molar refractivity (Wildman–Crippen MR) is 60.3 cm³/mol. The number of thiazole rings is 1. The maximum absolute atomic E-state index is 11.0. The number of hydrogen-bond acceptors (Lipinski definition) is 4. The minimum atomic E-state index is 0.0950. The molecule has 4 heteroatoms. The molecule has 0 aliphatic heterocycles. The first-order valence-corrected chi connectivity index (χ1v) is 5.64. The van der Waals surface area contributed by atoms with Crippen molar-refractivity contribution in [2.45, 2.75) is 26.7 Å². The highest BCUT2D eigenvalue weighted by Gasteiger charge is 2.08. The van der Waals surface area contributed by atoms with Crippen LogP contribution >= 0.6 is 11.3 Å². The molecule has 0 atom stereocenters. The van der Waals surface area contributed by atoms with Crippen molar-refractivity contribution < 1.29 is 4.79 Å². The summed E-state index contributed by atoms with van der Waals surface area (Å²) >= 11 is 1.46. The van der Waals surface area contributed by atoms with E-state index >= 15 is 0 Å². The number of carbonyl (C=O) groups excluding carboxylic acids is 1. The van der Waals surface area contributed by atoms with Gasteiger partial charge in [0.05, 0.1) is 11.1 Å². The van der Waals surface area contributed by atoms with Gasteiger partial charge in [0, 0.05) is 20.5 Å². The van der Waals surface area contributed by atoms with Crippen LogP contribution in [0, 0.1) is 0 Å². The molecule has 78 valence electrons. The van der Waals surface area contributed by atoms with E-state index in [1.165, 1.54) is 17.8 Å². The number of nitrogens with zero attached hydrogens (tertiary/aromatic N) is 2. The molecule has 0 radical (unpaired) electrons. The Kier molecular flexibility index (Phi) is 4.07. The first-order valence-electron chi connectivity index (χ1n) is 4.83. The second kappa shape index (κ2) is 5.10. The average molecular weight is 212 g/mol. The molecule has 1 aromatic heterocycles. The Balaban J connectivity index is 2.61. The van der Waals surface area contributed by atoms with Gasteiger partial charge in [-0.2, -0.15) is 0 Å². The summed E-state index contributed by atoms with van der Waals surface area (Å²) in [6.45, 7) is 4.74. The Bertz CT molecular complexity index is 309. The molecule has 0 aliphatic carbocycles. The lowest BCUT2D eigenvalue weighted by molar-refractivity contribution is 0.102. The normalized spacial score (nSPS) is 10.2. The summed E-state index contributed by atoms with van der Waals surface area (Å²) in [6.07, 6.45) is 3.99. The second-order valence-electron chi connectivity index (χ2n) is 3.34. The average Bonchev–Trinajstić information content (AvgIpc) is 2.62. The number of carbonyl (C=O) groups is 1. The van der Waals surface area contributed by atoms with Crippen LogP contribution in [-0.2, 0) is 0 Å². The van der Waals surface area contributed by atoms with E-state index in [4.69, 9.17) is 0 Å². The molecule has 0 amide bonds. The summed E-state index contributed by atoms with van der Waals surface area (Å²) in [5.41, 5.74) is 0. The van der Waals surface area contributed by atoms with E-state index in [1.807, 2.05) is 7.05 Å². The zero-order chi connectivity index (χ0) is 10.6. The smallest absolute Gasteiger partial charge is 0.185 e. The molecule has 0 bridgehead atoms. The summed E-state index contributed by atoms with van der Waals surface area (Å²) in [7, 11) is 2.01. The van der Waals surface area contributed by atoms with Gasteiger partial charge in [-0.1, -0.05) is 24.7 Å². The molecule has 3 nitrogen and oxygen atoms in total. The Morgan fingerprint density at radius 3 is 2.86 bits per heavy atom. The van der Waals surface area contributed by atoms with Crippen molar-refractivity contribution in [1.82, 2.24) is 4.98 Å². The minimum Gasteiger partial charge on any atom is -0.351 e. The highest BCUT2D eigenvalue weighted by Crippen LogP contribution is 2.21. The quantitative estimate of drug-likeness (QED) is 0.703. The van der Waals surface area contributed by atoms with Crippen LogP contribution in [0.5, 0.6) is 0 Å². The molecule has 0 N–H and O–H groups in total. The number of unbranched alkanes of at least 4 members (excludes halogenated alkanes) is 1. The topological polar surface area (TPSA) is 33.2 Å². The van der Waals surface area contributed by atoms with E-state index in [0.717, 1.165) is 23.0 Å². The van der Waals surface area contributed by atoms with Crippen molar-refractivity contribution in [2.75, 3.05) is 18.5 Å². The van der Waals surface area contributed by atoms with Gasteiger partial charge < -0.3 is 4.90 Å². The van der Waals surface area contributed by atoms with E-state index in [9.17, 15) is 4.79 Å².